The van der Waals surface area contributed by atoms with Crippen molar-refractivity contribution < 1.29 is 0 Å². The van der Waals surface area contributed by atoms with Crippen molar-refractivity contribution in [2.75, 3.05) is 0 Å². The van der Waals surface area contributed by atoms with Gasteiger partial charge in [0, 0.05) is 19.6 Å². The highest BCUT2D eigenvalue weighted by molar-refractivity contribution is 4.79. The predicted molar refractivity (Wildman–Crippen MR) is 144 cm³/mol. The summed E-state index contributed by atoms with van der Waals surface area (Å²) >= 11 is 0. The normalized spacial score (nSPS) is 11.9. The predicted octanol–water partition coefficient (Wildman–Crippen LogP) is 6.50. The maximum absolute atomic E-state index is 13.1. The van der Waals surface area contributed by atoms with E-state index in [1.54, 1.807) is 0 Å². The van der Waals surface area contributed by atoms with Crippen molar-refractivity contribution >= 4 is 0 Å². The summed E-state index contributed by atoms with van der Waals surface area (Å²) in [6.45, 7) is 12.3. The molecule has 0 aliphatic rings. The van der Waals surface area contributed by atoms with Crippen LogP contribution in [0.25, 0.3) is 0 Å². The average molecular weight is 480 g/mol. The minimum Gasteiger partial charge on any atom is -0.247 e. The van der Waals surface area contributed by atoms with E-state index in [1.807, 2.05) is 0 Å². The molecule has 0 aromatic carbocycles. The van der Waals surface area contributed by atoms with E-state index in [9.17, 15) is 14.4 Å². The fraction of sp³-hybridized carbons (Fsp3) is 0.893. The molecule has 0 aliphatic heterocycles. The third-order valence-electron chi connectivity index (χ3n) is 6.66. The van der Waals surface area contributed by atoms with Gasteiger partial charge in [-0.05, 0) is 31.1 Å². The van der Waals surface area contributed by atoms with Gasteiger partial charge in [0.25, 0.3) is 0 Å². The van der Waals surface area contributed by atoms with Crippen LogP contribution in [0.2, 0.25) is 0 Å². The monoisotopic (exact) mass is 479 g/mol. The van der Waals surface area contributed by atoms with Gasteiger partial charge in [0.1, 0.15) is 0 Å². The molecule has 0 amide bonds. The van der Waals surface area contributed by atoms with Gasteiger partial charge in [-0.3, -0.25) is 0 Å². The molecule has 0 spiro atoms. The van der Waals surface area contributed by atoms with E-state index in [0.717, 1.165) is 70.6 Å². The summed E-state index contributed by atoms with van der Waals surface area (Å²) in [5.41, 5.74) is -0.909. The molecule has 0 bridgehead atoms. The van der Waals surface area contributed by atoms with Crippen molar-refractivity contribution in [1.29, 1.82) is 0 Å². The first-order valence-corrected chi connectivity index (χ1v) is 14.2. The van der Waals surface area contributed by atoms with Crippen LogP contribution in [0.4, 0.5) is 0 Å². The smallest absolute Gasteiger partial charge is 0.247 e. The van der Waals surface area contributed by atoms with E-state index < -0.39 is 17.1 Å². The van der Waals surface area contributed by atoms with Crippen molar-refractivity contribution in [3.8, 4) is 0 Å². The lowest BCUT2D eigenvalue weighted by Crippen LogP contribution is -2.54. The van der Waals surface area contributed by atoms with Gasteiger partial charge in [0.2, 0.25) is 0 Å². The summed E-state index contributed by atoms with van der Waals surface area (Å²) in [6, 6.07) is 0. The summed E-state index contributed by atoms with van der Waals surface area (Å²) in [6.07, 6.45) is 17.1. The number of rotatable bonds is 19. The number of hydrogen-bond acceptors (Lipinski definition) is 3. The highest BCUT2D eigenvalue weighted by Gasteiger charge is 2.15. The van der Waals surface area contributed by atoms with Crippen molar-refractivity contribution in [1.82, 2.24) is 13.7 Å². The minimum atomic E-state index is -0.417. The van der Waals surface area contributed by atoms with Crippen molar-refractivity contribution in [2.45, 2.75) is 157 Å². The van der Waals surface area contributed by atoms with E-state index in [0.29, 0.717) is 25.0 Å². The number of aromatic nitrogens is 3. The quantitative estimate of drug-likeness (QED) is 0.213. The van der Waals surface area contributed by atoms with Crippen molar-refractivity contribution in [3.63, 3.8) is 0 Å². The molecule has 198 valence electrons. The minimum absolute atomic E-state index is 0.341. The summed E-state index contributed by atoms with van der Waals surface area (Å²) in [4.78, 5) is 39.3. The van der Waals surface area contributed by atoms with Crippen molar-refractivity contribution in [2.24, 2.45) is 5.41 Å². The van der Waals surface area contributed by atoms with Crippen LogP contribution in [0.1, 0.15) is 137 Å². The molecule has 6 heteroatoms. The van der Waals surface area contributed by atoms with Crippen LogP contribution in [0.15, 0.2) is 14.4 Å². The zero-order valence-electron chi connectivity index (χ0n) is 23.0. The summed E-state index contributed by atoms with van der Waals surface area (Å²) in [7, 11) is 0. The van der Waals surface area contributed by atoms with Gasteiger partial charge in [-0.15, -0.1) is 0 Å². The molecule has 34 heavy (non-hydrogen) atoms. The van der Waals surface area contributed by atoms with Gasteiger partial charge in [0.05, 0.1) is 0 Å². The molecule has 0 saturated carbocycles. The Bertz CT molecular complexity index is 842. The Hall–Kier alpha value is -1.59. The molecule has 0 radical (unpaired) electrons. The zero-order chi connectivity index (χ0) is 25.4. The zero-order valence-corrected chi connectivity index (χ0v) is 23.0. The Morgan fingerprint density at radius 1 is 0.471 bits per heavy atom. The summed E-state index contributed by atoms with van der Waals surface area (Å²) < 4.78 is 3.98. The molecular weight excluding hydrogens is 426 g/mol. The van der Waals surface area contributed by atoms with Crippen LogP contribution < -0.4 is 17.1 Å². The maximum Gasteiger partial charge on any atom is 0.336 e. The topological polar surface area (TPSA) is 66.0 Å². The molecular formula is C28H53N3O3. The Labute approximate surface area is 207 Å². The second-order valence-corrected chi connectivity index (χ2v) is 11.2. The van der Waals surface area contributed by atoms with Gasteiger partial charge in [-0.25, -0.2) is 28.1 Å². The first-order valence-electron chi connectivity index (χ1n) is 14.2. The van der Waals surface area contributed by atoms with E-state index in [2.05, 4.69) is 34.6 Å². The molecule has 1 aromatic heterocycles. The van der Waals surface area contributed by atoms with Gasteiger partial charge in [0.15, 0.2) is 0 Å². The van der Waals surface area contributed by atoms with Gasteiger partial charge < -0.3 is 0 Å². The fourth-order valence-corrected chi connectivity index (χ4v) is 4.46. The molecule has 0 unspecified atom stereocenters. The molecule has 1 aromatic rings. The second kappa shape index (κ2) is 16.9. The van der Waals surface area contributed by atoms with Crippen LogP contribution in [0.5, 0.6) is 0 Å². The Balaban J connectivity index is 2.89. The largest absolute Gasteiger partial charge is 0.336 e. The molecule has 0 aliphatic carbocycles. The van der Waals surface area contributed by atoms with Crippen LogP contribution >= 0.6 is 0 Å². The SMILES string of the molecule is CCCCCCCCn1c(=O)n(CCCCCCC)c(=O)n(CCCCCCC(C)(C)C)c1=O. The van der Waals surface area contributed by atoms with Gasteiger partial charge in [-0.1, -0.05) is 112 Å². The molecule has 0 fully saturated rings. The van der Waals surface area contributed by atoms with E-state index in [4.69, 9.17) is 0 Å². The molecule has 6 nitrogen and oxygen atoms in total. The molecule has 0 N–H and O–H groups in total. The molecule has 1 heterocycles. The highest BCUT2D eigenvalue weighted by atomic mass is 16.2. The van der Waals surface area contributed by atoms with Crippen LogP contribution in [0.3, 0.4) is 0 Å². The standard InChI is InChI=1S/C28H53N3O3/c1-6-8-10-12-15-19-23-30-25(32)29(22-18-14-11-9-7-2)26(33)31(27(30)34)24-20-16-13-17-21-28(3,4)5/h6-24H2,1-5H3. The first-order chi connectivity index (χ1) is 16.2. The molecule has 1 rings (SSSR count). The second-order valence-electron chi connectivity index (χ2n) is 11.2. The van der Waals surface area contributed by atoms with E-state index in [1.165, 1.54) is 45.8 Å². The highest BCUT2D eigenvalue weighted by Crippen LogP contribution is 2.22. The maximum atomic E-state index is 13.1. The van der Waals surface area contributed by atoms with Gasteiger partial charge >= 0.3 is 17.1 Å². The van der Waals surface area contributed by atoms with Crippen LogP contribution in [-0.4, -0.2) is 13.7 Å². The first kappa shape index (κ1) is 30.4. The Kier molecular flexibility index (Phi) is 15.2. The van der Waals surface area contributed by atoms with Crippen molar-refractivity contribution in [3.05, 3.63) is 31.5 Å². The molecule has 0 atom stereocenters. The number of hydrogen-bond donors (Lipinski definition) is 0. The Morgan fingerprint density at radius 2 is 0.765 bits per heavy atom. The lowest BCUT2D eigenvalue weighted by molar-refractivity contribution is 0.354. The van der Waals surface area contributed by atoms with Crippen LogP contribution in [-0.2, 0) is 19.6 Å². The van der Waals surface area contributed by atoms with E-state index in [-0.39, 0.29) is 0 Å². The lowest BCUT2D eigenvalue weighted by Gasteiger charge is -2.17. The van der Waals surface area contributed by atoms with Gasteiger partial charge in [-0.2, -0.15) is 0 Å². The fourth-order valence-electron chi connectivity index (χ4n) is 4.46. The Morgan fingerprint density at radius 3 is 1.09 bits per heavy atom. The van der Waals surface area contributed by atoms with Crippen LogP contribution in [0, 0.1) is 5.41 Å². The average Bonchev–Trinajstić information content (AvgIpc) is 2.78. The number of unbranched alkanes of at least 4 members (excludes halogenated alkanes) is 12. The third-order valence-corrected chi connectivity index (χ3v) is 6.66. The third kappa shape index (κ3) is 11.7. The summed E-state index contributed by atoms with van der Waals surface area (Å²) in [5.74, 6) is 0. The number of nitrogens with zero attached hydrogens (tertiary/aromatic N) is 3. The lowest BCUT2D eigenvalue weighted by atomic mass is 9.89. The summed E-state index contributed by atoms with van der Waals surface area (Å²) in [5, 5.41) is 0. The molecule has 0 saturated heterocycles. The van der Waals surface area contributed by atoms with E-state index >= 15 is 0 Å².